The Morgan fingerprint density at radius 1 is 1.15 bits per heavy atom. The van der Waals surface area contributed by atoms with Crippen LogP contribution < -0.4 is 16.0 Å². The number of Topliss-reactive ketones (excluding diaryl/α,β-unsaturated/α-hetero) is 1. The Balaban J connectivity index is 1.90. The number of hydrogen-bond donors (Lipinski definition) is 2. The number of ether oxygens (including phenoxy) is 1. The van der Waals surface area contributed by atoms with Gasteiger partial charge < -0.3 is 14.8 Å². The predicted octanol–water partition coefficient (Wildman–Crippen LogP) is 3.75. The van der Waals surface area contributed by atoms with Crippen LogP contribution in [-0.4, -0.2) is 33.5 Å². The number of benzene rings is 2. The van der Waals surface area contributed by atoms with E-state index in [9.17, 15) is 28.7 Å². The summed E-state index contributed by atoms with van der Waals surface area (Å²) >= 11 is 0.772. The number of carbonyl (C=O) groups excluding carboxylic acids is 1. The number of hydrogen-bond acceptors (Lipinski definition) is 6. The van der Waals surface area contributed by atoms with Crippen LogP contribution in [0.15, 0.2) is 57.4 Å². The number of nitrogens with one attached hydrogen (secondary N) is 1. The standard InChI is InChI=1S/C24H19FN2O6S/c1-24(2,13-6-4-5-7-17(13)33-3)20(28)12-8-9-14(25)16(10-12)27-21(29)18-15(26-23(27)32)11-34-19(18)22(30)31/h4-11H,1-3H3,(H,26,32)(H,30,31). The lowest BCUT2D eigenvalue weighted by molar-refractivity contribution is 0.0703. The molecule has 8 nitrogen and oxygen atoms in total. The van der Waals surface area contributed by atoms with Gasteiger partial charge in [-0.15, -0.1) is 11.3 Å². The fraction of sp³-hybridized carbons (Fsp3) is 0.167. The third-order valence-corrected chi connectivity index (χ3v) is 6.61. The van der Waals surface area contributed by atoms with Crippen LogP contribution in [-0.2, 0) is 5.41 Å². The minimum Gasteiger partial charge on any atom is -0.496 e. The molecule has 0 atom stereocenters. The van der Waals surface area contributed by atoms with Crippen LogP contribution in [0.1, 0.15) is 39.4 Å². The second-order valence-corrected chi connectivity index (χ2v) is 8.93. The molecule has 0 saturated heterocycles. The summed E-state index contributed by atoms with van der Waals surface area (Å²) in [6.45, 7) is 3.37. The third kappa shape index (κ3) is 3.61. The summed E-state index contributed by atoms with van der Waals surface area (Å²) in [7, 11) is 1.49. The lowest BCUT2D eigenvalue weighted by Crippen LogP contribution is -2.35. The van der Waals surface area contributed by atoms with Gasteiger partial charge in [-0.05, 0) is 38.1 Å². The van der Waals surface area contributed by atoms with E-state index in [2.05, 4.69) is 4.98 Å². The second kappa shape index (κ2) is 8.38. The highest BCUT2D eigenvalue weighted by Gasteiger charge is 2.34. The molecule has 0 amide bonds. The number of aromatic carboxylic acids is 1. The number of ketones is 1. The van der Waals surface area contributed by atoms with Crippen molar-refractivity contribution in [3.8, 4) is 11.4 Å². The zero-order valence-electron chi connectivity index (χ0n) is 18.3. The molecule has 0 saturated carbocycles. The Morgan fingerprint density at radius 2 is 1.85 bits per heavy atom. The maximum Gasteiger partial charge on any atom is 0.346 e. The fourth-order valence-electron chi connectivity index (χ4n) is 3.88. The normalized spacial score (nSPS) is 11.5. The summed E-state index contributed by atoms with van der Waals surface area (Å²) in [6, 6.07) is 10.4. The monoisotopic (exact) mass is 482 g/mol. The Morgan fingerprint density at radius 3 is 2.53 bits per heavy atom. The van der Waals surface area contributed by atoms with Gasteiger partial charge >= 0.3 is 11.7 Å². The Bertz CT molecular complexity index is 1580. The lowest BCUT2D eigenvalue weighted by atomic mass is 9.77. The highest BCUT2D eigenvalue weighted by Crippen LogP contribution is 2.34. The number of nitrogens with zero attached hydrogens (tertiary/aromatic N) is 1. The van der Waals surface area contributed by atoms with Crippen molar-refractivity contribution in [2.24, 2.45) is 0 Å². The third-order valence-electron chi connectivity index (χ3n) is 5.64. The lowest BCUT2D eigenvalue weighted by Gasteiger charge is -2.26. The average molecular weight is 482 g/mol. The topological polar surface area (TPSA) is 118 Å². The van der Waals surface area contributed by atoms with Gasteiger partial charge in [0.1, 0.15) is 16.4 Å². The van der Waals surface area contributed by atoms with Gasteiger partial charge in [0, 0.05) is 16.5 Å². The highest BCUT2D eigenvalue weighted by molar-refractivity contribution is 7.13. The minimum atomic E-state index is -1.35. The van der Waals surface area contributed by atoms with Crippen molar-refractivity contribution in [2.45, 2.75) is 19.3 Å². The number of aromatic nitrogens is 2. The van der Waals surface area contributed by atoms with Gasteiger partial charge in [-0.3, -0.25) is 9.59 Å². The van der Waals surface area contributed by atoms with Crippen molar-refractivity contribution in [2.75, 3.05) is 7.11 Å². The van der Waals surface area contributed by atoms with E-state index >= 15 is 0 Å². The number of carbonyl (C=O) groups is 2. The molecule has 2 aromatic carbocycles. The maximum absolute atomic E-state index is 14.8. The molecule has 0 aliphatic rings. The van der Waals surface area contributed by atoms with Crippen LogP contribution in [0.2, 0.25) is 0 Å². The molecule has 2 heterocycles. The van der Waals surface area contributed by atoms with Crippen molar-refractivity contribution in [3.05, 3.63) is 90.5 Å². The summed E-state index contributed by atoms with van der Waals surface area (Å²) in [5.41, 5.74) is -2.80. The van der Waals surface area contributed by atoms with Gasteiger partial charge in [0.25, 0.3) is 5.56 Å². The average Bonchev–Trinajstić information content (AvgIpc) is 3.24. The summed E-state index contributed by atoms with van der Waals surface area (Å²) in [5.74, 6) is -2.17. The molecule has 4 aromatic rings. The van der Waals surface area contributed by atoms with Crippen molar-refractivity contribution >= 4 is 34.0 Å². The number of thiophene rings is 1. The Labute approximate surface area is 195 Å². The minimum absolute atomic E-state index is 0.0404. The molecule has 2 N–H and O–H groups in total. The first-order valence-electron chi connectivity index (χ1n) is 10.1. The van der Waals surface area contributed by atoms with Gasteiger partial charge in [-0.1, -0.05) is 18.2 Å². The number of H-pyrrole nitrogens is 1. The Hall–Kier alpha value is -4.05. The maximum atomic E-state index is 14.8. The first-order chi connectivity index (χ1) is 16.1. The number of carboxylic acid groups (broad SMARTS) is 1. The number of methoxy groups -OCH3 is 1. The number of aromatic amines is 1. The van der Waals surface area contributed by atoms with E-state index in [-0.39, 0.29) is 21.3 Å². The quantitative estimate of drug-likeness (QED) is 0.404. The molecular weight excluding hydrogens is 463 g/mol. The number of carboxylic acids is 1. The fourth-order valence-corrected chi connectivity index (χ4v) is 4.71. The molecule has 0 aliphatic heterocycles. The molecule has 0 spiro atoms. The van der Waals surface area contributed by atoms with Crippen molar-refractivity contribution in [1.82, 2.24) is 9.55 Å². The number of para-hydroxylation sites is 1. The smallest absolute Gasteiger partial charge is 0.346 e. The molecule has 0 unspecified atom stereocenters. The summed E-state index contributed by atoms with van der Waals surface area (Å²) in [6.07, 6.45) is 0. The zero-order valence-corrected chi connectivity index (χ0v) is 19.2. The van der Waals surface area contributed by atoms with Crippen LogP contribution in [0.25, 0.3) is 16.6 Å². The SMILES string of the molecule is COc1ccccc1C(C)(C)C(=O)c1ccc(F)c(-n2c(=O)[nH]c3csc(C(=O)O)c3c2=O)c1. The number of rotatable bonds is 6. The van der Waals surface area contributed by atoms with Gasteiger partial charge in [-0.25, -0.2) is 18.5 Å². The van der Waals surface area contributed by atoms with Gasteiger partial charge in [-0.2, -0.15) is 0 Å². The van der Waals surface area contributed by atoms with Crippen LogP contribution in [0.5, 0.6) is 5.75 Å². The van der Waals surface area contributed by atoms with E-state index < -0.39 is 39.9 Å². The van der Waals surface area contributed by atoms with Crippen molar-refractivity contribution in [1.29, 1.82) is 0 Å². The second-order valence-electron chi connectivity index (χ2n) is 8.05. The van der Waals surface area contributed by atoms with Crippen LogP contribution in [0, 0.1) is 5.82 Å². The molecular formula is C24H19FN2O6S. The largest absolute Gasteiger partial charge is 0.496 e. The van der Waals surface area contributed by atoms with E-state index in [0.717, 1.165) is 23.5 Å². The van der Waals surface area contributed by atoms with Crippen LogP contribution in [0.4, 0.5) is 4.39 Å². The number of halogens is 1. The first kappa shape index (κ1) is 23.1. The van der Waals surface area contributed by atoms with Crippen LogP contribution in [0.3, 0.4) is 0 Å². The van der Waals surface area contributed by atoms with E-state index in [1.165, 1.54) is 18.6 Å². The number of fused-ring (bicyclic) bond motifs is 1. The van der Waals surface area contributed by atoms with E-state index in [0.29, 0.717) is 15.9 Å². The van der Waals surface area contributed by atoms with Gasteiger partial charge in [0.05, 0.1) is 29.1 Å². The Kier molecular flexibility index (Phi) is 5.70. The molecule has 10 heteroatoms. The molecule has 174 valence electrons. The molecule has 0 radical (unpaired) electrons. The van der Waals surface area contributed by atoms with Crippen molar-refractivity contribution in [3.63, 3.8) is 0 Å². The molecule has 34 heavy (non-hydrogen) atoms. The first-order valence-corrected chi connectivity index (χ1v) is 10.9. The van der Waals surface area contributed by atoms with E-state index in [4.69, 9.17) is 4.74 Å². The zero-order chi connectivity index (χ0) is 24.8. The predicted molar refractivity (Wildman–Crippen MR) is 125 cm³/mol. The summed E-state index contributed by atoms with van der Waals surface area (Å²) in [4.78, 5) is 52.9. The highest BCUT2D eigenvalue weighted by atomic mass is 32.1. The molecule has 0 aliphatic carbocycles. The molecule has 4 rings (SSSR count). The summed E-state index contributed by atoms with van der Waals surface area (Å²) in [5, 5.41) is 10.5. The van der Waals surface area contributed by atoms with Crippen molar-refractivity contribution < 1.29 is 23.8 Å². The van der Waals surface area contributed by atoms with Gasteiger partial charge in [0.15, 0.2) is 5.78 Å². The van der Waals surface area contributed by atoms with E-state index in [1.54, 1.807) is 38.1 Å². The van der Waals surface area contributed by atoms with Gasteiger partial charge in [0.2, 0.25) is 0 Å². The molecule has 2 aromatic heterocycles. The van der Waals surface area contributed by atoms with E-state index in [1.807, 2.05) is 0 Å². The van der Waals surface area contributed by atoms with Crippen LogP contribution >= 0.6 is 11.3 Å². The summed E-state index contributed by atoms with van der Waals surface area (Å²) < 4.78 is 20.7. The molecule has 0 bridgehead atoms. The molecule has 0 fully saturated rings.